The van der Waals surface area contributed by atoms with Crippen LogP contribution in [-0.2, 0) is 0 Å². The van der Waals surface area contributed by atoms with Crippen LogP contribution in [0.5, 0.6) is 0 Å². The topological polar surface area (TPSA) is 39.7 Å². The van der Waals surface area contributed by atoms with Gasteiger partial charge in [0.2, 0.25) is 0 Å². The minimum Gasteiger partial charge on any atom is -0.356 e. The average molecular weight is 349 g/mol. The molecule has 0 radical (unpaired) electrons. The third-order valence-electron chi connectivity index (χ3n) is 4.52. The van der Waals surface area contributed by atoms with Gasteiger partial charge in [-0.05, 0) is 56.3 Å². The number of benzene rings is 1. The minimum absolute atomic E-state index is 0.420. The minimum atomic E-state index is 0.420. The molecule has 134 valence electrons. The van der Waals surface area contributed by atoms with Crippen LogP contribution in [0, 0.1) is 0 Å². The van der Waals surface area contributed by atoms with E-state index < -0.39 is 0 Å². The number of rotatable bonds is 9. The fourth-order valence-corrected chi connectivity index (χ4v) is 3.67. The predicted molar refractivity (Wildman–Crippen MR) is 107 cm³/mol. The standard InChI is InChI=1S/C19H32N4S/c1-20-19(21-12-6-9-15-24-2)22-16-18(23-13-7-8-14-23)17-10-4-3-5-11-17/h3-5,10-11,18H,6-9,12-16H2,1-2H3,(H2,20,21,22). The largest absolute Gasteiger partial charge is 0.356 e. The lowest BCUT2D eigenvalue weighted by Gasteiger charge is -2.29. The van der Waals surface area contributed by atoms with Crippen molar-refractivity contribution < 1.29 is 0 Å². The molecule has 0 aliphatic carbocycles. The zero-order chi connectivity index (χ0) is 17.0. The molecule has 0 aromatic heterocycles. The summed E-state index contributed by atoms with van der Waals surface area (Å²) < 4.78 is 0. The first-order valence-corrected chi connectivity index (χ1v) is 10.5. The Hall–Kier alpha value is -1.20. The molecule has 1 atom stereocenters. The molecule has 1 aliphatic rings. The molecule has 1 aromatic rings. The van der Waals surface area contributed by atoms with Crippen LogP contribution >= 0.6 is 11.8 Å². The maximum atomic E-state index is 4.37. The van der Waals surface area contributed by atoms with Crippen LogP contribution in [-0.4, -0.2) is 56.1 Å². The number of likely N-dealkylation sites (tertiary alicyclic amines) is 1. The van der Waals surface area contributed by atoms with Gasteiger partial charge in [0.05, 0.1) is 6.04 Å². The summed E-state index contributed by atoms with van der Waals surface area (Å²) in [6.07, 6.45) is 7.23. The molecule has 1 aromatic carbocycles. The first-order valence-electron chi connectivity index (χ1n) is 9.07. The van der Waals surface area contributed by atoms with Crippen LogP contribution in [0.1, 0.15) is 37.3 Å². The molecule has 2 N–H and O–H groups in total. The fourth-order valence-electron chi connectivity index (χ4n) is 3.18. The number of nitrogens with one attached hydrogen (secondary N) is 2. The van der Waals surface area contributed by atoms with Gasteiger partial charge in [-0.2, -0.15) is 11.8 Å². The molecular weight excluding hydrogens is 316 g/mol. The lowest BCUT2D eigenvalue weighted by atomic mass is 10.1. The first kappa shape index (κ1) is 19.1. The molecule has 5 heteroatoms. The van der Waals surface area contributed by atoms with Crippen LogP contribution in [0.2, 0.25) is 0 Å². The molecular formula is C19H32N4S. The second-order valence-electron chi connectivity index (χ2n) is 6.25. The summed E-state index contributed by atoms with van der Waals surface area (Å²) in [6, 6.07) is 11.3. The number of aliphatic imine (C=N–C) groups is 1. The first-order chi connectivity index (χ1) is 11.8. The van der Waals surface area contributed by atoms with Gasteiger partial charge >= 0.3 is 0 Å². The molecule has 0 saturated carbocycles. The van der Waals surface area contributed by atoms with E-state index in [0.29, 0.717) is 6.04 Å². The maximum Gasteiger partial charge on any atom is 0.191 e. The summed E-state index contributed by atoms with van der Waals surface area (Å²) >= 11 is 1.91. The molecule has 0 amide bonds. The third kappa shape index (κ3) is 6.36. The lowest BCUT2D eigenvalue weighted by Crippen LogP contribution is -2.43. The summed E-state index contributed by atoms with van der Waals surface area (Å²) in [5.74, 6) is 2.15. The lowest BCUT2D eigenvalue weighted by molar-refractivity contribution is 0.245. The van der Waals surface area contributed by atoms with Crippen molar-refractivity contribution in [2.24, 2.45) is 4.99 Å². The number of hydrogen-bond acceptors (Lipinski definition) is 3. The van der Waals surface area contributed by atoms with E-state index in [1.54, 1.807) is 0 Å². The summed E-state index contributed by atoms with van der Waals surface area (Å²) in [7, 11) is 1.85. The van der Waals surface area contributed by atoms with Gasteiger partial charge in [0.25, 0.3) is 0 Å². The Morgan fingerprint density at radius 2 is 1.92 bits per heavy atom. The highest BCUT2D eigenvalue weighted by Gasteiger charge is 2.23. The third-order valence-corrected chi connectivity index (χ3v) is 5.22. The van der Waals surface area contributed by atoms with E-state index in [-0.39, 0.29) is 0 Å². The fraction of sp³-hybridized carbons (Fsp3) is 0.632. The van der Waals surface area contributed by atoms with Gasteiger partial charge in [-0.15, -0.1) is 0 Å². The SMILES string of the molecule is CN=C(NCCCCSC)NCC(c1ccccc1)N1CCCC1. The van der Waals surface area contributed by atoms with Gasteiger partial charge in [-0.3, -0.25) is 9.89 Å². The van der Waals surface area contributed by atoms with Gasteiger partial charge in [-0.1, -0.05) is 30.3 Å². The Bertz CT molecular complexity index is 472. The monoisotopic (exact) mass is 348 g/mol. The number of nitrogens with zero attached hydrogens (tertiary/aromatic N) is 2. The van der Waals surface area contributed by atoms with Crippen molar-refractivity contribution in [1.29, 1.82) is 0 Å². The number of unbranched alkanes of at least 4 members (excludes halogenated alkanes) is 1. The number of thioether (sulfide) groups is 1. The number of guanidine groups is 1. The molecule has 1 saturated heterocycles. The van der Waals surface area contributed by atoms with Gasteiger partial charge in [0.15, 0.2) is 5.96 Å². The highest BCUT2D eigenvalue weighted by molar-refractivity contribution is 7.98. The molecule has 24 heavy (non-hydrogen) atoms. The second kappa shape index (κ2) is 11.4. The van der Waals surface area contributed by atoms with Crippen molar-refractivity contribution in [3.8, 4) is 0 Å². The highest BCUT2D eigenvalue weighted by Crippen LogP contribution is 2.24. The second-order valence-corrected chi connectivity index (χ2v) is 7.23. The van der Waals surface area contributed by atoms with Crippen LogP contribution in [0.3, 0.4) is 0 Å². The van der Waals surface area contributed by atoms with Crippen LogP contribution in [0.4, 0.5) is 0 Å². The molecule has 1 fully saturated rings. The average Bonchev–Trinajstić information content (AvgIpc) is 3.15. The summed E-state index contributed by atoms with van der Waals surface area (Å²) in [5, 5.41) is 6.96. The van der Waals surface area contributed by atoms with Crippen molar-refractivity contribution in [3.05, 3.63) is 35.9 Å². The van der Waals surface area contributed by atoms with Gasteiger partial charge in [0.1, 0.15) is 0 Å². The van der Waals surface area contributed by atoms with E-state index in [1.807, 2.05) is 18.8 Å². The molecule has 1 unspecified atom stereocenters. The Morgan fingerprint density at radius 1 is 1.17 bits per heavy atom. The zero-order valence-electron chi connectivity index (χ0n) is 15.1. The molecule has 2 rings (SSSR count). The molecule has 1 heterocycles. The maximum absolute atomic E-state index is 4.37. The predicted octanol–water partition coefficient (Wildman–Crippen LogP) is 3.13. The van der Waals surface area contributed by atoms with Crippen molar-refractivity contribution in [2.45, 2.75) is 31.7 Å². The van der Waals surface area contributed by atoms with Crippen LogP contribution in [0.15, 0.2) is 35.3 Å². The zero-order valence-corrected chi connectivity index (χ0v) is 15.9. The van der Waals surface area contributed by atoms with Gasteiger partial charge < -0.3 is 10.6 Å². The van der Waals surface area contributed by atoms with Crippen molar-refractivity contribution >= 4 is 17.7 Å². The normalized spacial score (nSPS) is 17.0. The Balaban J connectivity index is 1.84. The molecule has 0 spiro atoms. The van der Waals surface area contributed by atoms with E-state index in [4.69, 9.17) is 0 Å². The smallest absolute Gasteiger partial charge is 0.191 e. The molecule has 4 nitrogen and oxygen atoms in total. The Labute approximate surface area is 151 Å². The van der Waals surface area contributed by atoms with E-state index in [1.165, 1.54) is 50.1 Å². The summed E-state index contributed by atoms with van der Waals surface area (Å²) in [4.78, 5) is 6.96. The van der Waals surface area contributed by atoms with E-state index in [0.717, 1.165) is 19.0 Å². The molecule has 1 aliphatic heterocycles. The van der Waals surface area contributed by atoms with E-state index >= 15 is 0 Å². The van der Waals surface area contributed by atoms with E-state index in [2.05, 4.69) is 57.1 Å². The molecule has 0 bridgehead atoms. The number of hydrogen-bond donors (Lipinski definition) is 2. The van der Waals surface area contributed by atoms with Gasteiger partial charge in [-0.25, -0.2) is 0 Å². The van der Waals surface area contributed by atoms with E-state index in [9.17, 15) is 0 Å². The van der Waals surface area contributed by atoms with Crippen molar-refractivity contribution in [1.82, 2.24) is 15.5 Å². The highest BCUT2D eigenvalue weighted by atomic mass is 32.2. The Morgan fingerprint density at radius 3 is 2.58 bits per heavy atom. The summed E-state index contributed by atoms with van der Waals surface area (Å²) in [6.45, 7) is 4.28. The van der Waals surface area contributed by atoms with Crippen molar-refractivity contribution in [2.75, 3.05) is 45.2 Å². The quantitative estimate of drug-likeness (QED) is 0.409. The van der Waals surface area contributed by atoms with Gasteiger partial charge in [0, 0.05) is 20.1 Å². The summed E-state index contributed by atoms with van der Waals surface area (Å²) in [5.41, 5.74) is 1.39. The van der Waals surface area contributed by atoms with Crippen LogP contribution in [0.25, 0.3) is 0 Å². The van der Waals surface area contributed by atoms with Crippen LogP contribution < -0.4 is 10.6 Å². The van der Waals surface area contributed by atoms with Crippen molar-refractivity contribution in [3.63, 3.8) is 0 Å². The Kier molecular flexibility index (Phi) is 9.06.